The Morgan fingerprint density at radius 2 is 1.56 bits per heavy atom. The first-order valence-corrected chi connectivity index (χ1v) is 8.61. The van der Waals surface area contributed by atoms with Crippen LogP contribution in [0.2, 0.25) is 0 Å². The minimum Gasteiger partial charge on any atom is -0.206 e. The molecule has 0 unspecified atom stereocenters. The molecule has 0 spiro atoms. The number of benzene rings is 2. The molecular weight excluding hydrogens is 328 g/mol. The summed E-state index contributed by atoms with van der Waals surface area (Å²) in [4.78, 5) is 0. The molecule has 1 aliphatic carbocycles. The zero-order valence-corrected chi connectivity index (χ0v) is 14.1. The van der Waals surface area contributed by atoms with Crippen molar-refractivity contribution in [3.8, 4) is 11.1 Å². The standard InChI is InChI=1S/C21H20F4/c1-2-3-13-4-6-14(7-5-13)15-8-9-17(18(22)10-15)16-11-19(23)21(25)20(24)12-16/h3,8-12,14H,2,4-7H2,1H3. The van der Waals surface area contributed by atoms with E-state index in [0.717, 1.165) is 49.8 Å². The molecule has 0 nitrogen and oxygen atoms in total. The van der Waals surface area contributed by atoms with Gasteiger partial charge in [0, 0.05) is 5.56 Å². The average Bonchev–Trinajstić information content (AvgIpc) is 2.60. The van der Waals surface area contributed by atoms with Crippen LogP contribution in [0, 0.1) is 23.3 Å². The minimum atomic E-state index is -1.54. The van der Waals surface area contributed by atoms with Gasteiger partial charge in [-0.2, -0.15) is 0 Å². The van der Waals surface area contributed by atoms with Gasteiger partial charge in [-0.15, -0.1) is 0 Å². The molecular formula is C21H20F4. The van der Waals surface area contributed by atoms with Crippen LogP contribution in [0.25, 0.3) is 11.1 Å². The third-order valence-corrected chi connectivity index (χ3v) is 4.88. The van der Waals surface area contributed by atoms with Gasteiger partial charge in [-0.05, 0) is 67.3 Å². The third kappa shape index (κ3) is 3.78. The summed E-state index contributed by atoms with van der Waals surface area (Å²) in [7, 11) is 0. The summed E-state index contributed by atoms with van der Waals surface area (Å²) in [5.41, 5.74) is 2.44. The van der Waals surface area contributed by atoms with Crippen LogP contribution >= 0.6 is 0 Å². The first-order chi connectivity index (χ1) is 12.0. The Balaban J connectivity index is 1.84. The molecule has 0 atom stereocenters. The van der Waals surface area contributed by atoms with E-state index in [1.165, 1.54) is 17.7 Å². The molecule has 1 fully saturated rings. The van der Waals surface area contributed by atoms with Crippen molar-refractivity contribution in [2.24, 2.45) is 0 Å². The van der Waals surface area contributed by atoms with Crippen LogP contribution in [-0.2, 0) is 0 Å². The van der Waals surface area contributed by atoms with Crippen molar-refractivity contribution in [2.75, 3.05) is 0 Å². The van der Waals surface area contributed by atoms with Gasteiger partial charge in [0.25, 0.3) is 0 Å². The predicted molar refractivity (Wildman–Crippen MR) is 91.3 cm³/mol. The molecule has 2 aromatic carbocycles. The van der Waals surface area contributed by atoms with Crippen molar-refractivity contribution < 1.29 is 17.6 Å². The number of halogens is 4. The maximum atomic E-state index is 14.5. The van der Waals surface area contributed by atoms with Crippen LogP contribution in [0.1, 0.15) is 50.5 Å². The van der Waals surface area contributed by atoms with Crippen LogP contribution in [0.4, 0.5) is 17.6 Å². The molecule has 0 radical (unpaired) electrons. The molecule has 4 heteroatoms. The van der Waals surface area contributed by atoms with E-state index in [1.54, 1.807) is 6.07 Å². The quantitative estimate of drug-likeness (QED) is 0.321. The van der Waals surface area contributed by atoms with Gasteiger partial charge in [0.05, 0.1) is 0 Å². The number of rotatable bonds is 3. The van der Waals surface area contributed by atoms with Crippen LogP contribution in [0.5, 0.6) is 0 Å². The van der Waals surface area contributed by atoms with Crippen LogP contribution in [0.3, 0.4) is 0 Å². The minimum absolute atomic E-state index is 0.00254. The maximum absolute atomic E-state index is 14.5. The van der Waals surface area contributed by atoms with Gasteiger partial charge >= 0.3 is 0 Å². The van der Waals surface area contributed by atoms with Gasteiger partial charge in [0.15, 0.2) is 17.5 Å². The predicted octanol–water partition coefficient (Wildman–Crippen LogP) is 6.90. The van der Waals surface area contributed by atoms with Gasteiger partial charge in [-0.1, -0.05) is 30.7 Å². The lowest BCUT2D eigenvalue weighted by Gasteiger charge is -2.24. The second-order valence-electron chi connectivity index (χ2n) is 6.54. The molecule has 0 heterocycles. The highest BCUT2D eigenvalue weighted by atomic mass is 19.2. The highest BCUT2D eigenvalue weighted by Gasteiger charge is 2.20. The first kappa shape index (κ1) is 17.7. The van der Waals surface area contributed by atoms with Crippen molar-refractivity contribution >= 4 is 0 Å². The molecule has 0 aliphatic heterocycles. The van der Waals surface area contributed by atoms with Crippen LogP contribution < -0.4 is 0 Å². The van der Waals surface area contributed by atoms with Gasteiger partial charge in [-0.3, -0.25) is 0 Å². The van der Waals surface area contributed by atoms with Crippen molar-refractivity contribution in [1.82, 2.24) is 0 Å². The molecule has 3 rings (SSSR count). The molecule has 1 saturated carbocycles. The SMILES string of the molecule is CCC=C1CCC(c2ccc(-c3cc(F)c(F)c(F)c3)c(F)c2)CC1. The number of allylic oxidation sites excluding steroid dienone is 2. The lowest BCUT2D eigenvalue weighted by Crippen LogP contribution is -2.07. The monoisotopic (exact) mass is 348 g/mol. The third-order valence-electron chi connectivity index (χ3n) is 4.88. The summed E-state index contributed by atoms with van der Waals surface area (Å²) >= 11 is 0. The molecule has 0 bridgehead atoms. The summed E-state index contributed by atoms with van der Waals surface area (Å²) in [6.45, 7) is 2.12. The van der Waals surface area contributed by atoms with Crippen molar-refractivity contribution in [3.05, 3.63) is 70.8 Å². The Morgan fingerprint density at radius 1 is 0.920 bits per heavy atom. The number of hydrogen-bond acceptors (Lipinski definition) is 0. The lowest BCUT2D eigenvalue weighted by molar-refractivity contribution is 0.447. The molecule has 132 valence electrons. The Kier molecular flexibility index (Phi) is 5.26. The second-order valence-corrected chi connectivity index (χ2v) is 6.54. The van der Waals surface area contributed by atoms with E-state index in [4.69, 9.17) is 0 Å². The summed E-state index contributed by atoms with van der Waals surface area (Å²) in [5.74, 6) is -4.43. The zero-order chi connectivity index (χ0) is 18.0. The smallest absolute Gasteiger partial charge is 0.194 e. The Labute approximate surface area is 145 Å². The van der Waals surface area contributed by atoms with Gasteiger partial charge in [0.1, 0.15) is 5.82 Å². The second kappa shape index (κ2) is 7.42. The largest absolute Gasteiger partial charge is 0.206 e. The molecule has 0 N–H and O–H groups in total. The van der Waals surface area contributed by atoms with Gasteiger partial charge < -0.3 is 0 Å². The van der Waals surface area contributed by atoms with E-state index in [0.29, 0.717) is 5.92 Å². The first-order valence-electron chi connectivity index (χ1n) is 8.61. The molecule has 0 saturated heterocycles. The molecule has 1 aliphatic rings. The summed E-state index contributed by atoms with van der Waals surface area (Å²) in [6.07, 6.45) is 7.30. The molecule has 0 amide bonds. The Hall–Kier alpha value is -2.10. The van der Waals surface area contributed by atoms with Gasteiger partial charge in [0.2, 0.25) is 0 Å². The van der Waals surface area contributed by atoms with Crippen LogP contribution in [0.15, 0.2) is 42.0 Å². The fourth-order valence-corrected chi connectivity index (χ4v) is 3.55. The van der Waals surface area contributed by atoms with E-state index in [2.05, 4.69) is 13.0 Å². The number of hydrogen-bond donors (Lipinski definition) is 0. The normalized spacial score (nSPS) is 17.6. The van der Waals surface area contributed by atoms with E-state index in [1.807, 2.05) is 0 Å². The summed E-state index contributed by atoms with van der Waals surface area (Å²) < 4.78 is 54.3. The highest BCUT2D eigenvalue weighted by molar-refractivity contribution is 5.65. The van der Waals surface area contributed by atoms with Gasteiger partial charge in [-0.25, -0.2) is 17.6 Å². The molecule has 2 aromatic rings. The van der Waals surface area contributed by atoms with Crippen molar-refractivity contribution in [1.29, 1.82) is 0 Å². The Morgan fingerprint density at radius 3 is 2.12 bits per heavy atom. The topological polar surface area (TPSA) is 0 Å². The molecule has 0 aromatic heterocycles. The Bertz CT molecular complexity index is 775. The van der Waals surface area contributed by atoms with E-state index < -0.39 is 23.3 Å². The fourth-order valence-electron chi connectivity index (χ4n) is 3.55. The summed E-state index contributed by atoms with van der Waals surface area (Å²) in [6, 6.07) is 6.40. The van der Waals surface area contributed by atoms with E-state index in [-0.39, 0.29) is 11.1 Å². The highest BCUT2D eigenvalue weighted by Crippen LogP contribution is 2.37. The van der Waals surface area contributed by atoms with Crippen molar-refractivity contribution in [2.45, 2.75) is 44.9 Å². The lowest BCUT2D eigenvalue weighted by atomic mass is 9.81. The fraction of sp³-hybridized carbons (Fsp3) is 0.333. The summed E-state index contributed by atoms with van der Waals surface area (Å²) in [5, 5.41) is 0. The van der Waals surface area contributed by atoms with Crippen molar-refractivity contribution in [3.63, 3.8) is 0 Å². The van der Waals surface area contributed by atoms with E-state index >= 15 is 0 Å². The maximum Gasteiger partial charge on any atom is 0.194 e. The molecule has 25 heavy (non-hydrogen) atoms. The van der Waals surface area contributed by atoms with Crippen LogP contribution in [-0.4, -0.2) is 0 Å². The average molecular weight is 348 g/mol. The zero-order valence-electron chi connectivity index (χ0n) is 14.1. The van der Waals surface area contributed by atoms with E-state index in [9.17, 15) is 17.6 Å².